The third kappa shape index (κ3) is 5.51. The van der Waals surface area contributed by atoms with E-state index in [9.17, 15) is 13.5 Å². The number of sulfone groups is 1. The molecule has 0 radical (unpaired) electrons. The van der Waals surface area contributed by atoms with Crippen LogP contribution in [0.15, 0.2) is 24.8 Å². The Balaban J connectivity index is 1.40. The standard InChI is InChI=1S/C26H36N8O3S/c1-16(2)20-11-28-23(34-13-18(17(34)3)14-38(5,36)37)21-12-27-22(10-19(20)21)31-24-29-15-30-25(32-24)33-8-6-26(4,35)7-9-33/h10-12,15-18,35H,6-9,13-14H2,1-5H3,(H,27,29,30,31,32)/t17-,18-/m0/s1. The topological polar surface area (TPSA) is 137 Å². The highest BCUT2D eigenvalue weighted by atomic mass is 32.2. The number of piperidine rings is 1. The van der Waals surface area contributed by atoms with Gasteiger partial charge in [0.1, 0.15) is 27.8 Å². The van der Waals surface area contributed by atoms with Gasteiger partial charge in [-0.3, -0.25) is 0 Å². The molecule has 0 saturated carbocycles. The van der Waals surface area contributed by atoms with E-state index in [2.05, 4.69) is 48.9 Å². The first kappa shape index (κ1) is 26.5. The molecule has 0 unspecified atom stereocenters. The van der Waals surface area contributed by atoms with Gasteiger partial charge in [-0.2, -0.15) is 4.98 Å². The van der Waals surface area contributed by atoms with E-state index in [-0.39, 0.29) is 23.6 Å². The SMILES string of the molecule is CC(C)c1cnc(N2C[C@@H](CS(C)(=O)=O)[C@@H]2C)c2cnc(Nc3ncnc(N4CCC(C)(O)CC4)n3)cc12. The largest absolute Gasteiger partial charge is 0.390 e. The van der Waals surface area contributed by atoms with E-state index in [4.69, 9.17) is 4.98 Å². The molecule has 2 saturated heterocycles. The lowest BCUT2D eigenvalue weighted by Crippen LogP contribution is -2.57. The van der Waals surface area contributed by atoms with Crippen LogP contribution in [0.3, 0.4) is 0 Å². The molecule has 2 aliphatic heterocycles. The van der Waals surface area contributed by atoms with Gasteiger partial charge in [-0.25, -0.2) is 28.4 Å². The average molecular weight is 541 g/mol. The van der Waals surface area contributed by atoms with Gasteiger partial charge in [0.05, 0.1) is 11.4 Å². The molecule has 5 rings (SSSR count). The number of pyridine rings is 2. The highest BCUT2D eigenvalue weighted by Crippen LogP contribution is 2.38. The first-order valence-electron chi connectivity index (χ1n) is 13.1. The first-order chi connectivity index (χ1) is 17.9. The summed E-state index contributed by atoms with van der Waals surface area (Å²) in [5, 5.41) is 15.4. The minimum Gasteiger partial charge on any atom is -0.390 e. The molecule has 3 aromatic rings. The van der Waals surface area contributed by atoms with Crippen LogP contribution in [0, 0.1) is 5.92 Å². The molecule has 204 valence electrons. The molecular weight excluding hydrogens is 504 g/mol. The number of nitrogens with one attached hydrogen (secondary N) is 1. The van der Waals surface area contributed by atoms with Crippen molar-refractivity contribution < 1.29 is 13.5 Å². The Morgan fingerprint density at radius 2 is 1.87 bits per heavy atom. The van der Waals surface area contributed by atoms with Gasteiger partial charge < -0.3 is 20.2 Å². The van der Waals surface area contributed by atoms with Crippen molar-refractivity contribution in [3.8, 4) is 0 Å². The molecule has 2 atom stereocenters. The maximum absolute atomic E-state index is 11.8. The zero-order valence-corrected chi connectivity index (χ0v) is 23.4. The molecule has 0 spiro atoms. The van der Waals surface area contributed by atoms with Crippen molar-refractivity contribution in [2.24, 2.45) is 5.92 Å². The maximum atomic E-state index is 11.8. The summed E-state index contributed by atoms with van der Waals surface area (Å²) in [6.07, 6.45) is 7.82. The van der Waals surface area contributed by atoms with Crippen molar-refractivity contribution >= 4 is 44.1 Å². The quantitative estimate of drug-likeness (QED) is 0.457. The number of fused-ring (bicyclic) bond motifs is 1. The molecule has 12 heteroatoms. The summed E-state index contributed by atoms with van der Waals surface area (Å²) in [6.45, 7) is 10.2. The van der Waals surface area contributed by atoms with E-state index >= 15 is 0 Å². The van der Waals surface area contributed by atoms with Gasteiger partial charge in [0, 0.05) is 55.6 Å². The fourth-order valence-corrected chi connectivity index (χ4v) is 6.41. The second kappa shape index (κ2) is 9.88. The zero-order valence-electron chi connectivity index (χ0n) is 22.6. The van der Waals surface area contributed by atoms with E-state index in [1.807, 2.05) is 32.3 Å². The second-order valence-electron chi connectivity index (χ2n) is 11.3. The van der Waals surface area contributed by atoms with Crippen LogP contribution >= 0.6 is 0 Å². The lowest BCUT2D eigenvalue weighted by Gasteiger charge is -2.47. The summed E-state index contributed by atoms with van der Waals surface area (Å²) in [5.74, 6) is 2.93. The van der Waals surface area contributed by atoms with Gasteiger partial charge in [-0.05, 0) is 49.6 Å². The third-order valence-electron chi connectivity index (χ3n) is 7.72. The third-order valence-corrected chi connectivity index (χ3v) is 8.75. The van der Waals surface area contributed by atoms with E-state index in [1.54, 1.807) is 0 Å². The van der Waals surface area contributed by atoms with Crippen LogP contribution in [-0.2, 0) is 9.84 Å². The summed E-state index contributed by atoms with van der Waals surface area (Å²) < 4.78 is 23.6. The fourth-order valence-electron chi connectivity index (χ4n) is 5.25. The predicted octanol–water partition coefficient (Wildman–Crippen LogP) is 2.90. The fraction of sp³-hybridized carbons (Fsp3) is 0.577. The van der Waals surface area contributed by atoms with Crippen LogP contribution in [0.25, 0.3) is 10.8 Å². The molecule has 11 nitrogen and oxygen atoms in total. The number of hydrogen-bond acceptors (Lipinski definition) is 11. The van der Waals surface area contributed by atoms with Crippen LogP contribution in [0.1, 0.15) is 52.0 Å². The lowest BCUT2D eigenvalue weighted by atomic mass is 9.90. The van der Waals surface area contributed by atoms with Crippen molar-refractivity contribution in [2.45, 2.75) is 58.1 Å². The minimum absolute atomic E-state index is 0.0743. The summed E-state index contributed by atoms with van der Waals surface area (Å²) in [5.41, 5.74) is 0.455. The summed E-state index contributed by atoms with van der Waals surface area (Å²) in [7, 11) is -3.03. The highest BCUT2D eigenvalue weighted by molar-refractivity contribution is 7.90. The lowest BCUT2D eigenvalue weighted by molar-refractivity contribution is 0.0349. The zero-order chi connectivity index (χ0) is 27.2. The molecular formula is C26H36N8O3S. The normalized spacial score (nSPS) is 21.6. The number of aliphatic hydroxyl groups is 1. The average Bonchev–Trinajstić information content (AvgIpc) is 2.85. The van der Waals surface area contributed by atoms with Crippen molar-refractivity contribution in [1.29, 1.82) is 0 Å². The highest BCUT2D eigenvalue weighted by Gasteiger charge is 2.39. The Morgan fingerprint density at radius 3 is 2.53 bits per heavy atom. The summed E-state index contributed by atoms with van der Waals surface area (Å²) in [4.78, 5) is 26.9. The van der Waals surface area contributed by atoms with Crippen molar-refractivity contribution in [1.82, 2.24) is 24.9 Å². The molecule has 0 bridgehead atoms. The van der Waals surface area contributed by atoms with Crippen LogP contribution in [0.2, 0.25) is 0 Å². The van der Waals surface area contributed by atoms with Gasteiger partial charge in [0.15, 0.2) is 0 Å². The summed E-state index contributed by atoms with van der Waals surface area (Å²) >= 11 is 0. The van der Waals surface area contributed by atoms with Crippen molar-refractivity contribution in [2.75, 3.05) is 46.8 Å². The van der Waals surface area contributed by atoms with Gasteiger partial charge in [0.2, 0.25) is 11.9 Å². The Labute approximate surface area is 223 Å². The first-order valence-corrected chi connectivity index (χ1v) is 15.1. The van der Waals surface area contributed by atoms with Crippen molar-refractivity contribution in [3.05, 3.63) is 30.4 Å². The number of hydrogen-bond donors (Lipinski definition) is 2. The van der Waals surface area contributed by atoms with Crippen LogP contribution in [0.4, 0.5) is 23.5 Å². The maximum Gasteiger partial charge on any atom is 0.233 e. The Kier molecular flexibility index (Phi) is 6.89. The number of anilines is 4. The molecule has 2 N–H and O–H groups in total. The predicted molar refractivity (Wildman–Crippen MR) is 149 cm³/mol. The van der Waals surface area contributed by atoms with E-state index in [1.165, 1.54) is 12.6 Å². The van der Waals surface area contributed by atoms with Gasteiger partial charge >= 0.3 is 0 Å². The molecule has 3 aromatic heterocycles. The smallest absolute Gasteiger partial charge is 0.233 e. The Bertz CT molecular complexity index is 1440. The van der Waals surface area contributed by atoms with E-state index in [0.717, 1.165) is 22.2 Å². The molecule has 2 aliphatic rings. The van der Waals surface area contributed by atoms with Gasteiger partial charge in [-0.15, -0.1) is 0 Å². The monoisotopic (exact) mass is 540 g/mol. The Morgan fingerprint density at radius 1 is 1.13 bits per heavy atom. The molecule has 38 heavy (non-hydrogen) atoms. The van der Waals surface area contributed by atoms with Crippen molar-refractivity contribution in [3.63, 3.8) is 0 Å². The second-order valence-corrected chi connectivity index (χ2v) is 13.5. The molecule has 0 amide bonds. The minimum atomic E-state index is -3.03. The number of nitrogens with zero attached hydrogens (tertiary/aromatic N) is 7. The molecule has 0 aliphatic carbocycles. The summed E-state index contributed by atoms with van der Waals surface area (Å²) in [6, 6.07) is 2.07. The molecule has 0 aromatic carbocycles. The van der Waals surface area contributed by atoms with E-state index < -0.39 is 15.4 Å². The number of aromatic nitrogens is 5. The molecule has 2 fully saturated rings. The van der Waals surface area contributed by atoms with Gasteiger partial charge in [0.25, 0.3) is 0 Å². The molecule has 5 heterocycles. The van der Waals surface area contributed by atoms with Crippen LogP contribution < -0.4 is 15.1 Å². The number of rotatable bonds is 7. The van der Waals surface area contributed by atoms with E-state index in [0.29, 0.717) is 50.2 Å². The Hall–Kier alpha value is -3.12. The van der Waals surface area contributed by atoms with Crippen LogP contribution in [-0.4, -0.2) is 81.7 Å². The van der Waals surface area contributed by atoms with Gasteiger partial charge in [-0.1, -0.05) is 13.8 Å². The van der Waals surface area contributed by atoms with Crippen LogP contribution in [0.5, 0.6) is 0 Å².